The zero-order valence-corrected chi connectivity index (χ0v) is 13.3. The molecule has 8 heteroatoms. The monoisotopic (exact) mass is 327 g/mol. The number of aromatic nitrogens is 2. The van der Waals surface area contributed by atoms with Crippen LogP contribution in [0.5, 0.6) is 0 Å². The van der Waals surface area contributed by atoms with Gasteiger partial charge in [-0.15, -0.1) is 0 Å². The van der Waals surface area contributed by atoms with Crippen LogP contribution in [0.4, 0.5) is 11.5 Å². The van der Waals surface area contributed by atoms with Gasteiger partial charge in [-0.2, -0.15) is 11.8 Å². The number of aldehydes is 1. The highest BCUT2D eigenvalue weighted by molar-refractivity contribution is 7.99. The number of thioether (sulfide) groups is 1. The molecule has 0 aromatic carbocycles. The minimum absolute atomic E-state index is 0.159. The molecule has 1 aromatic heterocycles. The second kappa shape index (κ2) is 6.81. The van der Waals surface area contributed by atoms with Gasteiger partial charge in [0.05, 0.1) is 0 Å². The van der Waals surface area contributed by atoms with Gasteiger partial charge in [0, 0.05) is 50.8 Å². The third-order valence-electron chi connectivity index (χ3n) is 3.69. The Bertz CT molecular complexity index is 518. The average Bonchev–Trinajstić information content (AvgIpc) is 2.55. The van der Waals surface area contributed by atoms with Crippen LogP contribution in [0.2, 0.25) is 5.15 Å². The van der Waals surface area contributed by atoms with Crippen molar-refractivity contribution >= 4 is 41.2 Å². The Morgan fingerprint density at radius 2 is 1.81 bits per heavy atom. The van der Waals surface area contributed by atoms with Gasteiger partial charge < -0.3 is 15.1 Å². The fraction of sp³-hybridized carbons (Fsp3) is 0.615. The van der Waals surface area contributed by atoms with Crippen molar-refractivity contribution in [2.24, 2.45) is 0 Å². The Morgan fingerprint density at radius 3 is 2.48 bits per heavy atom. The number of anilines is 2. The molecule has 1 N–H and O–H groups in total. The van der Waals surface area contributed by atoms with Crippen LogP contribution in [0.1, 0.15) is 10.6 Å². The summed E-state index contributed by atoms with van der Waals surface area (Å²) >= 11 is 8.30. The molecule has 3 rings (SSSR count). The van der Waals surface area contributed by atoms with Gasteiger partial charge in [-0.3, -0.25) is 4.79 Å². The standard InChI is InChI=1S/C13H18ClN5OS/c14-12-11(18-3-1-15-2-4-18)13(17-10(9-20)16-12)19-5-7-21-8-6-19/h9,15H,1-8H2. The van der Waals surface area contributed by atoms with Crippen LogP contribution in [0.15, 0.2) is 0 Å². The lowest BCUT2D eigenvalue weighted by atomic mass is 10.3. The van der Waals surface area contributed by atoms with Crippen LogP contribution >= 0.6 is 23.4 Å². The smallest absolute Gasteiger partial charge is 0.196 e. The molecule has 0 aliphatic carbocycles. The molecule has 0 radical (unpaired) electrons. The summed E-state index contributed by atoms with van der Waals surface area (Å²) in [6.07, 6.45) is 0.662. The van der Waals surface area contributed by atoms with E-state index in [0.717, 1.165) is 62.3 Å². The van der Waals surface area contributed by atoms with Crippen molar-refractivity contribution in [2.75, 3.05) is 60.6 Å². The van der Waals surface area contributed by atoms with E-state index < -0.39 is 0 Å². The number of halogens is 1. The summed E-state index contributed by atoms with van der Waals surface area (Å²) in [7, 11) is 0. The SMILES string of the molecule is O=Cc1nc(Cl)c(N2CCNCC2)c(N2CCSCC2)n1. The maximum absolute atomic E-state index is 11.1. The second-order valence-electron chi connectivity index (χ2n) is 5.00. The van der Waals surface area contributed by atoms with Crippen molar-refractivity contribution in [1.82, 2.24) is 15.3 Å². The lowest BCUT2D eigenvalue weighted by molar-refractivity contribution is 0.111. The van der Waals surface area contributed by atoms with Crippen molar-refractivity contribution in [3.05, 3.63) is 11.0 Å². The van der Waals surface area contributed by atoms with E-state index in [0.29, 0.717) is 11.4 Å². The maximum atomic E-state index is 11.1. The van der Waals surface area contributed by atoms with Gasteiger partial charge in [0.25, 0.3) is 0 Å². The van der Waals surface area contributed by atoms with Crippen LogP contribution in [0.25, 0.3) is 0 Å². The quantitative estimate of drug-likeness (QED) is 0.654. The minimum atomic E-state index is 0.159. The molecule has 2 saturated heterocycles. The van der Waals surface area contributed by atoms with E-state index in [9.17, 15) is 4.79 Å². The first kappa shape index (κ1) is 14.9. The van der Waals surface area contributed by atoms with Gasteiger partial charge in [0.2, 0.25) is 0 Å². The van der Waals surface area contributed by atoms with E-state index in [-0.39, 0.29) is 5.82 Å². The summed E-state index contributed by atoms with van der Waals surface area (Å²) in [5.74, 6) is 3.10. The van der Waals surface area contributed by atoms with Crippen LogP contribution in [0, 0.1) is 0 Å². The molecule has 6 nitrogen and oxygen atoms in total. The molecule has 1 aromatic rings. The first-order valence-electron chi connectivity index (χ1n) is 7.10. The van der Waals surface area contributed by atoms with Crippen molar-refractivity contribution in [3.63, 3.8) is 0 Å². The lowest BCUT2D eigenvalue weighted by Crippen LogP contribution is -2.45. The van der Waals surface area contributed by atoms with Crippen LogP contribution < -0.4 is 15.1 Å². The Morgan fingerprint density at radius 1 is 1.10 bits per heavy atom. The number of hydrogen-bond donors (Lipinski definition) is 1. The summed E-state index contributed by atoms with van der Waals surface area (Å²) in [5, 5.41) is 3.70. The molecule has 0 amide bonds. The van der Waals surface area contributed by atoms with Crippen molar-refractivity contribution in [2.45, 2.75) is 0 Å². The molecule has 114 valence electrons. The first-order valence-corrected chi connectivity index (χ1v) is 8.64. The van der Waals surface area contributed by atoms with Gasteiger partial charge in [-0.05, 0) is 0 Å². The zero-order valence-electron chi connectivity index (χ0n) is 11.7. The Balaban J connectivity index is 2.00. The molecule has 2 fully saturated rings. The number of carbonyl (C=O) groups excluding carboxylic acids is 1. The Labute approximate surface area is 133 Å². The van der Waals surface area contributed by atoms with E-state index in [4.69, 9.17) is 11.6 Å². The largest absolute Gasteiger partial charge is 0.363 e. The highest BCUT2D eigenvalue weighted by atomic mass is 35.5. The molecule has 21 heavy (non-hydrogen) atoms. The van der Waals surface area contributed by atoms with Gasteiger partial charge in [0.1, 0.15) is 5.69 Å². The predicted octanol–water partition coefficient (Wildman–Crippen LogP) is 0.905. The van der Waals surface area contributed by atoms with E-state index in [1.807, 2.05) is 11.8 Å². The first-order chi connectivity index (χ1) is 10.3. The molecule has 3 heterocycles. The normalized spacial score (nSPS) is 19.7. The second-order valence-corrected chi connectivity index (χ2v) is 6.58. The van der Waals surface area contributed by atoms with E-state index in [2.05, 4.69) is 25.1 Å². The third-order valence-corrected chi connectivity index (χ3v) is 4.90. The minimum Gasteiger partial charge on any atom is -0.363 e. The molecular weight excluding hydrogens is 310 g/mol. The van der Waals surface area contributed by atoms with Gasteiger partial charge in [0.15, 0.2) is 23.1 Å². The predicted molar refractivity (Wildman–Crippen MR) is 87.1 cm³/mol. The molecule has 2 aliphatic heterocycles. The summed E-state index contributed by atoms with van der Waals surface area (Å²) in [4.78, 5) is 24.0. The molecule has 0 bridgehead atoms. The summed E-state index contributed by atoms with van der Waals surface area (Å²) < 4.78 is 0. The van der Waals surface area contributed by atoms with Crippen molar-refractivity contribution in [3.8, 4) is 0 Å². The van der Waals surface area contributed by atoms with Crippen molar-refractivity contribution in [1.29, 1.82) is 0 Å². The number of rotatable bonds is 3. The highest BCUT2D eigenvalue weighted by Gasteiger charge is 2.25. The number of piperazine rings is 1. The van der Waals surface area contributed by atoms with E-state index in [1.54, 1.807) is 0 Å². The lowest BCUT2D eigenvalue weighted by Gasteiger charge is -2.35. The number of carbonyl (C=O) groups is 1. The fourth-order valence-electron chi connectivity index (χ4n) is 2.64. The van der Waals surface area contributed by atoms with Crippen molar-refractivity contribution < 1.29 is 4.79 Å². The van der Waals surface area contributed by atoms with Gasteiger partial charge in [-0.25, -0.2) is 9.97 Å². The van der Waals surface area contributed by atoms with Gasteiger partial charge >= 0.3 is 0 Å². The molecule has 0 saturated carbocycles. The number of nitrogens with zero attached hydrogens (tertiary/aromatic N) is 4. The molecule has 0 atom stereocenters. The molecular formula is C13H18ClN5OS. The third kappa shape index (κ3) is 3.25. The molecule has 0 unspecified atom stereocenters. The average molecular weight is 328 g/mol. The molecule has 0 spiro atoms. The number of hydrogen-bond acceptors (Lipinski definition) is 7. The van der Waals surface area contributed by atoms with E-state index in [1.165, 1.54) is 0 Å². The topological polar surface area (TPSA) is 61.4 Å². The number of nitrogens with one attached hydrogen (secondary N) is 1. The van der Waals surface area contributed by atoms with Gasteiger partial charge in [-0.1, -0.05) is 11.6 Å². The van der Waals surface area contributed by atoms with Crippen LogP contribution in [-0.4, -0.2) is 67.0 Å². The fourth-order valence-corrected chi connectivity index (χ4v) is 3.83. The van der Waals surface area contributed by atoms with E-state index >= 15 is 0 Å². The Hall–Kier alpha value is -1.05. The summed E-state index contributed by atoms with van der Waals surface area (Å²) in [6, 6.07) is 0. The van der Waals surface area contributed by atoms with Crippen LogP contribution in [0.3, 0.4) is 0 Å². The Kier molecular flexibility index (Phi) is 4.82. The maximum Gasteiger partial charge on any atom is 0.196 e. The zero-order chi connectivity index (χ0) is 14.7. The highest BCUT2D eigenvalue weighted by Crippen LogP contribution is 2.34. The molecule has 2 aliphatic rings. The summed E-state index contributed by atoms with van der Waals surface area (Å²) in [5.41, 5.74) is 0.871. The summed E-state index contributed by atoms with van der Waals surface area (Å²) in [6.45, 7) is 5.44. The van der Waals surface area contributed by atoms with Crippen LogP contribution in [-0.2, 0) is 0 Å².